The van der Waals surface area contributed by atoms with E-state index in [1.807, 2.05) is 49.4 Å². The lowest BCUT2D eigenvalue weighted by Gasteiger charge is -2.08. The molecule has 0 aliphatic heterocycles. The Labute approximate surface area is 137 Å². The van der Waals surface area contributed by atoms with E-state index in [9.17, 15) is 4.79 Å². The Morgan fingerprint density at radius 3 is 2.91 bits per heavy atom. The minimum Gasteiger partial charge on any atom is -0.342 e. The van der Waals surface area contributed by atoms with Crippen LogP contribution in [-0.4, -0.2) is 15.9 Å². The highest BCUT2D eigenvalue weighted by molar-refractivity contribution is 9.10. The normalized spacial score (nSPS) is 10.8. The SMILES string of the molecule is Cc1ccc(Br)cc1NC(=O)CCc1nc2ccccc2[nH]1. The quantitative estimate of drug-likeness (QED) is 0.734. The first-order chi connectivity index (χ1) is 10.6. The number of carbonyl (C=O) groups is 1. The third-order valence-electron chi connectivity index (χ3n) is 3.50. The van der Waals surface area contributed by atoms with E-state index in [1.54, 1.807) is 0 Å². The molecule has 0 saturated heterocycles. The van der Waals surface area contributed by atoms with E-state index >= 15 is 0 Å². The third-order valence-corrected chi connectivity index (χ3v) is 3.99. The van der Waals surface area contributed by atoms with E-state index < -0.39 is 0 Å². The lowest BCUT2D eigenvalue weighted by atomic mass is 10.2. The fraction of sp³-hybridized carbons (Fsp3) is 0.176. The van der Waals surface area contributed by atoms with Gasteiger partial charge in [-0.15, -0.1) is 0 Å². The molecule has 112 valence electrons. The van der Waals surface area contributed by atoms with E-state index in [1.165, 1.54) is 0 Å². The number of H-pyrrole nitrogens is 1. The van der Waals surface area contributed by atoms with Crippen LogP contribution in [0.15, 0.2) is 46.9 Å². The Balaban J connectivity index is 1.63. The number of amides is 1. The second-order valence-corrected chi connectivity index (χ2v) is 6.12. The van der Waals surface area contributed by atoms with E-state index in [0.29, 0.717) is 12.8 Å². The molecule has 0 bridgehead atoms. The Kier molecular flexibility index (Phi) is 4.24. The maximum absolute atomic E-state index is 12.1. The lowest BCUT2D eigenvalue weighted by molar-refractivity contribution is -0.116. The van der Waals surface area contributed by atoms with Gasteiger partial charge in [0, 0.05) is 23.0 Å². The zero-order valence-electron chi connectivity index (χ0n) is 12.2. The van der Waals surface area contributed by atoms with Crippen molar-refractivity contribution in [3.8, 4) is 0 Å². The van der Waals surface area contributed by atoms with E-state index in [0.717, 1.165) is 32.6 Å². The number of benzene rings is 2. The number of hydrogen-bond acceptors (Lipinski definition) is 2. The topological polar surface area (TPSA) is 57.8 Å². The first-order valence-corrected chi connectivity index (χ1v) is 7.91. The van der Waals surface area contributed by atoms with E-state index in [4.69, 9.17) is 0 Å². The largest absolute Gasteiger partial charge is 0.342 e. The number of fused-ring (bicyclic) bond motifs is 1. The molecule has 1 amide bonds. The lowest BCUT2D eigenvalue weighted by Crippen LogP contribution is -2.13. The fourth-order valence-corrected chi connectivity index (χ4v) is 2.66. The molecule has 4 nitrogen and oxygen atoms in total. The summed E-state index contributed by atoms with van der Waals surface area (Å²) in [5.41, 5.74) is 3.81. The number of halogens is 1. The molecule has 22 heavy (non-hydrogen) atoms. The number of rotatable bonds is 4. The van der Waals surface area contributed by atoms with Gasteiger partial charge in [0.15, 0.2) is 0 Å². The van der Waals surface area contributed by atoms with Gasteiger partial charge < -0.3 is 10.3 Å². The monoisotopic (exact) mass is 357 g/mol. The summed E-state index contributed by atoms with van der Waals surface area (Å²) in [7, 11) is 0. The maximum atomic E-state index is 12.1. The van der Waals surface area contributed by atoms with Crippen molar-refractivity contribution < 1.29 is 4.79 Å². The van der Waals surface area contributed by atoms with Crippen molar-refractivity contribution in [3.63, 3.8) is 0 Å². The number of hydrogen-bond donors (Lipinski definition) is 2. The summed E-state index contributed by atoms with van der Waals surface area (Å²) < 4.78 is 0.950. The average Bonchev–Trinajstić information content (AvgIpc) is 2.92. The highest BCUT2D eigenvalue weighted by atomic mass is 79.9. The molecule has 0 spiro atoms. The van der Waals surface area contributed by atoms with Gasteiger partial charge in [-0.1, -0.05) is 34.1 Å². The molecule has 3 rings (SSSR count). The summed E-state index contributed by atoms with van der Waals surface area (Å²) in [4.78, 5) is 19.8. The summed E-state index contributed by atoms with van der Waals surface area (Å²) in [5.74, 6) is 0.823. The van der Waals surface area contributed by atoms with Gasteiger partial charge in [-0.05, 0) is 36.8 Å². The highest BCUT2D eigenvalue weighted by Crippen LogP contribution is 2.21. The second-order valence-electron chi connectivity index (χ2n) is 5.21. The molecule has 2 N–H and O–H groups in total. The Morgan fingerprint density at radius 2 is 2.09 bits per heavy atom. The van der Waals surface area contributed by atoms with Crippen LogP contribution in [0.25, 0.3) is 11.0 Å². The van der Waals surface area contributed by atoms with Crippen molar-refractivity contribution in [2.45, 2.75) is 19.8 Å². The van der Waals surface area contributed by atoms with Crippen molar-refractivity contribution >= 4 is 38.6 Å². The van der Waals surface area contributed by atoms with Crippen LogP contribution in [0.1, 0.15) is 17.8 Å². The average molecular weight is 358 g/mol. The summed E-state index contributed by atoms with van der Waals surface area (Å²) >= 11 is 3.42. The molecule has 1 heterocycles. The summed E-state index contributed by atoms with van der Waals surface area (Å²) in [6.45, 7) is 1.97. The molecule has 0 atom stereocenters. The number of aromatic nitrogens is 2. The molecule has 0 fully saturated rings. The predicted octanol–water partition coefficient (Wildman–Crippen LogP) is 4.21. The number of anilines is 1. The second kappa shape index (κ2) is 6.32. The molecule has 5 heteroatoms. The highest BCUT2D eigenvalue weighted by Gasteiger charge is 2.08. The van der Waals surface area contributed by atoms with Gasteiger partial charge in [0.25, 0.3) is 0 Å². The fourth-order valence-electron chi connectivity index (χ4n) is 2.30. The first-order valence-electron chi connectivity index (χ1n) is 7.11. The van der Waals surface area contributed by atoms with Crippen LogP contribution in [0.5, 0.6) is 0 Å². The first kappa shape index (κ1) is 14.8. The van der Waals surface area contributed by atoms with Crippen LogP contribution in [0, 0.1) is 6.92 Å². The van der Waals surface area contributed by atoms with Crippen LogP contribution in [0.3, 0.4) is 0 Å². The number of nitrogens with zero attached hydrogens (tertiary/aromatic N) is 1. The minimum absolute atomic E-state index is 0.0124. The number of aromatic amines is 1. The summed E-state index contributed by atoms with van der Waals surface area (Å²) in [5, 5.41) is 2.94. The predicted molar refractivity (Wildman–Crippen MR) is 91.9 cm³/mol. The van der Waals surface area contributed by atoms with Crippen LogP contribution in [0.2, 0.25) is 0 Å². The third kappa shape index (κ3) is 3.36. The molecule has 0 saturated carbocycles. The van der Waals surface area contributed by atoms with Crippen LogP contribution in [0.4, 0.5) is 5.69 Å². The maximum Gasteiger partial charge on any atom is 0.224 e. The Bertz CT molecular complexity index is 793. The molecule has 0 aliphatic rings. The van der Waals surface area contributed by atoms with Crippen LogP contribution < -0.4 is 5.32 Å². The number of aryl methyl sites for hydroxylation is 2. The zero-order valence-corrected chi connectivity index (χ0v) is 13.8. The number of para-hydroxylation sites is 2. The van der Waals surface area contributed by atoms with Crippen molar-refractivity contribution in [2.75, 3.05) is 5.32 Å². The molecule has 2 aromatic carbocycles. The smallest absolute Gasteiger partial charge is 0.224 e. The number of imidazole rings is 1. The molecule has 3 aromatic rings. The molecule has 0 radical (unpaired) electrons. The van der Waals surface area contributed by atoms with Gasteiger partial charge >= 0.3 is 0 Å². The van der Waals surface area contributed by atoms with E-state index in [-0.39, 0.29) is 5.91 Å². The summed E-state index contributed by atoms with van der Waals surface area (Å²) in [6, 6.07) is 13.7. The van der Waals surface area contributed by atoms with Gasteiger partial charge in [-0.3, -0.25) is 4.79 Å². The molecule has 0 aliphatic carbocycles. The van der Waals surface area contributed by atoms with Gasteiger partial charge in [0.2, 0.25) is 5.91 Å². The van der Waals surface area contributed by atoms with Crippen molar-refractivity contribution in [1.29, 1.82) is 0 Å². The minimum atomic E-state index is -0.0124. The van der Waals surface area contributed by atoms with Gasteiger partial charge in [0.1, 0.15) is 5.82 Å². The van der Waals surface area contributed by atoms with Crippen molar-refractivity contribution in [2.24, 2.45) is 0 Å². The van der Waals surface area contributed by atoms with Gasteiger partial charge in [-0.2, -0.15) is 0 Å². The van der Waals surface area contributed by atoms with Crippen LogP contribution >= 0.6 is 15.9 Å². The zero-order chi connectivity index (χ0) is 15.5. The van der Waals surface area contributed by atoms with Crippen LogP contribution in [-0.2, 0) is 11.2 Å². The molecule has 0 unspecified atom stereocenters. The van der Waals surface area contributed by atoms with Gasteiger partial charge in [-0.25, -0.2) is 4.98 Å². The number of nitrogens with one attached hydrogen (secondary N) is 2. The molecular weight excluding hydrogens is 342 g/mol. The van der Waals surface area contributed by atoms with Crippen molar-refractivity contribution in [3.05, 3.63) is 58.3 Å². The standard InChI is InChI=1S/C17H16BrN3O/c1-11-6-7-12(18)10-15(11)21-17(22)9-8-16-19-13-4-2-3-5-14(13)20-16/h2-7,10H,8-9H2,1H3,(H,19,20)(H,21,22). The Hall–Kier alpha value is -2.14. The van der Waals surface area contributed by atoms with Crippen molar-refractivity contribution in [1.82, 2.24) is 9.97 Å². The van der Waals surface area contributed by atoms with Gasteiger partial charge in [0.05, 0.1) is 11.0 Å². The Morgan fingerprint density at radius 1 is 1.27 bits per heavy atom. The number of carbonyl (C=O) groups excluding carboxylic acids is 1. The molecular formula is C17H16BrN3O. The summed E-state index contributed by atoms with van der Waals surface area (Å²) in [6.07, 6.45) is 0.985. The van der Waals surface area contributed by atoms with E-state index in [2.05, 4.69) is 31.2 Å². The molecule has 1 aromatic heterocycles.